The van der Waals surface area contributed by atoms with Crippen LogP contribution in [0.1, 0.15) is 5.56 Å². The monoisotopic (exact) mass is 279 g/mol. The Balaban J connectivity index is 2.16. The second-order valence-corrected chi connectivity index (χ2v) is 4.11. The third-order valence-electron chi connectivity index (χ3n) is 2.81. The molecule has 0 atom stereocenters. The fraction of sp³-hybridized carbons (Fsp3) is 0.0833. The molecule has 0 bridgehead atoms. The van der Waals surface area contributed by atoms with E-state index < -0.39 is 11.7 Å². The maximum atomic E-state index is 12.6. The van der Waals surface area contributed by atoms with Gasteiger partial charge in [-0.25, -0.2) is 4.98 Å². The SMILES string of the molecule is Nc1cc(C(F)(F)F)ccc1-c1nnc2ncccn12. The topological polar surface area (TPSA) is 69.1 Å². The summed E-state index contributed by atoms with van der Waals surface area (Å²) in [5, 5.41) is 7.74. The minimum Gasteiger partial charge on any atom is -0.398 e. The Morgan fingerprint density at radius 1 is 1.15 bits per heavy atom. The van der Waals surface area contributed by atoms with Gasteiger partial charge in [0.1, 0.15) is 0 Å². The van der Waals surface area contributed by atoms with Crippen molar-refractivity contribution in [2.75, 3.05) is 5.73 Å². The van der Waals surface area contributed by atoms with Crippen LogP contribution < -0.4 is 5.73 Å². The van der Waals surface area contributed by atoms with Gasteiger partial charge in [-0.2, -0.15) is 13.2 Å². The average molecular weight is 279 g/mol. The molecular weight excluding hydrogens is 271 g/mol. The number of nitrogens with two attached hydrogens (primary N) is 1. The lowest BCUT2D eigenvalue weighted by Gasteiger charge is -2.09. The van der Waals surface area contributed by atoms with Crippen molar-refractivity contribution in [1.82, 2.24) is 19.6 Å². The van der Waals surface area contributed by atoms with E-state index in [1.807, 2.05) is 0 Å². The molecule has 3 rings (SSSR count). The molecule has 0 saturated carbocycles. The molecule has 5 nitrogen and oxygen atoms in total. The van der Waals surface area contributed by atoms with Crippen molar-refractivity contribution in [3.63, 3.8) is 0 Å². The number of fused-ring (bicyclic) bond motifs is 1. The minimum atomic E-state index is -4.43. The number of aromatic nitrogens is 4. The average Bonchev–Trinajstić information content (AvgIpc) is 2.81. The summed E-state index contributed by atoms with van der Waals surface area (Å²) in [6.07, 6.45) is -1.22. The molecule has 0 saturated heterocycles. The van der Waals surface area contributed by atoms with Crippen LogP contribution in [0.2, 0.25) is 0 Å². The van der Waals surface area contributed by atoms with Gasteiger partial charge in [0.25, 0.3) is 5.78 Å². The summed E-state index contributed by atoms with van der Waals surface area (Å²) in [4.78, 5) is 3.98. The van der Waals surface area contributed by atoms with Crippen molar-refractivity contribution in [3.05, 3.63) is 42.2 Å². The highest BCUT2D eigenvalue weighted by atomic mass is 19.4. The molecule has 2 aromatic heterocycles. The van der Waals surface area contributed by atoms with Crippen LogP contribution >= 0.6 is 0 Å². The third-order valence-corrected chi connectivity index (χ3v) is 2.81. The van der Waals surface area contributed by atoms with Gasteiger partial charge in [-0.1, -0.05) is 0 Å². The summed E-state index contributed by atoms with van der Waals surface area (Å²) in [5.74, 6) is 0.695. The van der Waals surface area contributed by atoms with Crippen molar-refractivity contribution in [1.29, 1.82) is 0 Å². The number of nitrogens with zero attached hydrogens (tertiary/aromatic N) is 4. The molecule has 0 fully saturated rings. The van der Waals surface area contributed by atoms with Crippen LogP contribution in [0.25, 0.3) is 17.2 Å². The summed E-state index contributed by atoms with van der Waals surface area (Å²) in [6, 6.07) is 4.79. The molecule has 0 unspecified atom stereocenters. The van der Waals surface area contributed by atoms with Crippen molar-refractivity contribution in [3.8, 4) is 11.4 Å². The predicted molar refractivity (Wildman–Crippen MR) is 65.6 cm³/mol. The number of halogens is 3. The Morgan fingerprint density at radius 2 is 1.95 bits per heavy atom. The summed E-state index contributed by atoms with van der Waals surface area (Å²) < 4.78 is 39.3. The lowest BCUT2D eigenvalue weighted by Crippen LogP contribution is -2.06. The van der Waals surface area contributed by atoms with E-state index in [4.69, 9.17) is 5.73 Å². The normalized spacial score (nSPS) is 11.9. The van der Waals surface area contributed by atoms with Gasteiger partial charge in [0.15, 0.2) is 5.82 Å². The smallest absolute Gasteiger partial charge is 0.398 e. The zero-order chi connectivity index (χ0) is 14.3. The van der Waals surface area contributed by atoms with Gasteiger partial charge in [-0.05, 0) is 24.3 Å². The van der Waals surface area contributed by atoms with Crippen molar-refractivity contribution >= 4 is 11.5 Å². The summed E-state index contributed by atoms with van der Waals surface area (Å²) >= 11 is 0. The van der Waals surface area contributed by atoms with E-state index in [0.29, 0.717) is 17.2 Å². The van der Waals surface area contributed by atoms with Gasteiger partial charge in [0.2, 0.25) is 0 Å². The molecule has 1 aromatic carbocycles. The van der Waals surface area contributed by atoms with E-state index in [0.717, 1.165) is 12.1 Å². The Bertz CT molecular complexity index is 778. The van der Waals surface area contributed by atoms with Gasteiger partial charge in [-0.15, -0.1) is 10.2 Å². The zero-order valence-electron chi connectivity index (χ0n) is 9.96. The molecule has 0 amide bonds. The number of hydrogen-bond donors (Lipinski definition) is 1. The highest BCUT2D eigenvalue weighted by molar-refractivity contribution is 5.73. The molecule has 0 aliphatic rings. The summed E-state index contributed by atoms with van der Waals surface area (Å²) in [6.45, 7) is 0. The van der Waals surface area contributed by atoms with Crippen LogP contribution in [0.4, 0.5) is 18.9 Å². The molecule has 3 aromatic rings. The highest BCUT2D eigenvalue weighted by Gasteiger charge is 2.31. The van der Waals surface area contributed by atoms with Crippen LogP contribution in [0.5, 0.6) is 0 Å². The number of anilines is 1. The molecule has 0 spiro atoms. The van der Waals surface area contributed by atoms with Gasteiger partial charge in [-0.3, -0.25) is 4.40 Å². The Hall–Kier alpha value is -2.64. The predicted octanol–water partition coefficient (Wildman–Crippen LogP) is 2.39. The highest BCUT2D eigenvalue weighted by Crippen LogP contribution is 2.33. The molecule has 102 valence electrons. The summed E-state index contributed by atoms with van der Waals surface area (Å²) in [7, 11) is 0. The zero-order valence-corrected chi connectivity index (χ0v) is 9.96. The third kappa shape index (κ3) is 1.94. The van der Waals surface area contributed by atoms with E-state index in [1.54, 1.807) is 22.9 Å². The molecule has 2 N–H and O–H groups in total. The van der Waals surface area contributed by atoms with Crippen LogP contribution in [-0.4, -0.2) is 19.6 Å². The van der Waals surface area contributed by atoms with Crippen LogP contribution in [-0.2, 0) is 6.18 Å². The number of alkyl halides is 3. The first-order chi connectivity index (χ1) is 9.47. The van der Waals surface area contributed by atoms with Gasteiger partial charge >= 0.3 is 6.18 Å². The van der Waals surface area contributed by atoms with E-state index in [2.05, 4.69) is 15.2 Å². The van der Waals surface area contributed by atoms with Crippen LogP contribution in [0.15, 0.2) is 36.7 Å². The van der Waals surface area contributed by atoms with E-state index >= 15 is 0 Å². The second kappa shape index (κ2) is 4.19. The van der Waals surface area contributed by atoms with Crippen molar-refractivity contribution in [2.24, 2.45) is 0 Å². The summed E-state index contributed by atoms with van der Waals surface area (Å²) in [5.41, 5.74) is 5.26. The number of benzene rings is 1. The molecule has 0 radical (unpaired) electrons. The maximum absolute atomic E-state index is 12.6. The Morgan fingerprint density at radius 3 is 2.65 bits per heavy atom. The van der Waals surface area contributed by atoms with E-state index in [9.17, 15) is 13.2 Å². The number of nitrogen functional groups attached to an aromatic ring is 1. The first kappa shape index (κ1) is 12.4. The minimum absolute atomic E-state index is 0.0158. The fourth-order valence-electron chi connectivity index (χ4n) is 1.87. The van der Waals surface area contributed by atoms with Crippen LogP contribution in [0, 0.1) is 0 Å². The van der Waals surface area contributed by atoms with E-state index in [-0.39, 0.29) is 5.69 Å². The van der Waals surface area contributed by atoms with Gasteiger partial charge in [0, 0.05) is 23.6 Å². The molecule has 2 heterocycles. The molecular formula is C12H8F3N5. The van der Waals surface area contributed by atoms with Gasteiger partial charge in [0.05, 0.1) is 5.56 Å². The second-order valence-electron chi connectivity index (χ2n) is 4.11. The standard InChI is InChI=1S/C12H8F3N5/c13-12(14,15)7-2-3-8(9(16)6-7)10-18-19-11-17-4-1-5-20(10)11/h1-6H,16H2. The van der Waals surface area contributed by atoms with Gasteiger partial charge < -0.3 is 5.73 Å². The van der Waals surface area contributed by atoms with Crippen LogP contribution in [0.3, 0.4) is 0 Å². The lowest BCUT2D eigenvalue weighted by atomic mass is 10.1. The first-order valence-corrected chi connectivity index (χ1v) is 5.59. The lowest BCUT2D eigenvalue weighted by molar-refractivity contribution is -0.137. The van der Waals surface area contributed by atoms with Crippen molar-refractivity contribution in [2.45, 2.75) is 6.18 Å². The largest absolute Gasteiger partial charge is 0.416 e. The van der Waals surface area contributed by atoms with E-state index in [1.165, 1.54) is 6.07 Å². The molecule has 0 aliphatic carbocycles. The Labute approximate surface area is 110 Å². The molecule has 8 heteroatoms. The first-order valence-electron chi connectivity index (χ1n) is 5.59. The quantitative estimate of drug-likeness (QED) is 0.694. The number of rotatable bonds is 1. The Kier molecular flexibility index (Phi) is 2.60. The molecule has 20 heavy (non-hydrogen) atoms. The van der Waals surface area contributed by atoms with Crippen molar-refractivity contribution < 1.29 is 13.2 Å². The number of hydrogen-bond acceptors (Lipinski definition) is 4. The fourth-order valence-corrected chi connectivity index (χ4v) is 1.87. The maximum Gasteiger partial charge on any atom is 0.416 e. The molecule has 0 aliphatic heterocycles.